The Morgan fingerprint density at radius 3 is 2.47 bits per heavy atom. The first-order valence-electron chi connectivity index (χ1n) is 14.9. The number of amides is 1. The van der Waals surface area contributed by atoms with Crippen molar-refractivity contribution in [3.05, 3.63) is 48.2 Å². The summed E-state index contributed by atoms with van der Waals surface area (Å²) in [6.45, 7) is 11.4. The summed E-state index contributed by atoms with van der Waals surface area (Å²) in [7, 11) is 1.62. The van der Waals surface area contributed by atoms with Crippen LogP contribution in [0.25, 0.3) is 10.9 Å². The number of hydrazine groups is 1. The normalized spacial score (nSPS) is 16.2. The van der Waals surface area contributed by atoms with Gasteiger partial charge in [-0.1, -0.05) is 0 Å². The Balaban J connectivity index is 1.29. The summed E-state index contributed by atoms with van der Waals surface area (Å²) in [4.78, 5) is 21.3. The van der Waals surface area contributed by atoms with Crippen LogP contribution in [0.4, 0.5) is 11.4 Å². The largest absolute Gasteiger partial charge is 0.493 e. The van der Waals surface area contributed by atoms with Crippen LogP contribution in [0.5, 0.6) is 17.2 Å². The molecule has 0 spiro atoms. The van der Waals surface area contributed by atoms with E-state index in [2.05, 4.69) is 20.9 Å². The van der Waals surface area contributed by atoms with Crippen molar-refractivity contribution < 1.29 is 23.7 Å². The van der Waals surface area contributed by atoms with Crippen molar-refractivity contribution in [3.63, 3.8) is 0 Å². The van der Waals surface area contributed by atoms with E-state index in [-0.39, 0.29) is 6.10 Å². The van der Waals surface area contributed by atoms with Gasteiger partial charge in [0.05, 0.1) is 55.5 Å². The molecule has 5 rings (SSSR count). The Morgan fingerprint density at radius 1 is 1.07 bits per heavy atom. The second-order valence-corrected chi connectivity index (χ2v) is 10.9. The number of ether oxygens (including phenoxy) is 4. The standard InChI is InChI=1S/C32H40N6O5/c1-24(2)43-27-7-5-26(6-8-27)38(23-39)37-12-10-36(11-13-37)32-25(21-33)22-34-29-20-31(30(40-3)19-28(29)32)42-16-4-9-35-14-17-41-18-15-35/h5-8,19-20,22-24H,4,9-18H2,1-3H3. The van der Waals surface area contributed by atoms with E-state index in [1.165, 1.54) is 0 Å². The molecular formula is C32H40N6O5. The van der Waals surface area contributed by atoms with Gasteiger partial charge in [0.15, 0.2) is 11.5 Å². The number of rotatable bonds is 12. The Kier molecular flexibility index (Phi) is 10.1. The van der Waals surface area contributed by atoms with Gasteiger partial charge in [-0.15, -0.1) is 0 Å². The van der Waals surface area contributed by atoms with E-state index in [0.29, 0.717) is 49.8 Å². The minimum atomic E-state index is 0.0772. The molecule has 1 amide bonds. The number of nitriles is 1. The van der Waals surface area contributed by atoms with Crippen LogP contribution in [0, 0.1) is 11.3 Å². The van der Waals surface area contributed by atoms with Crippen LogP contribution >= 0.6 is 0 Å². The Hall–Kier alpha value is -4.11. The molecule has 2 aliphatic rings. The zero-order valence-corrected chi connectivity index (χ0v) is 25.2. The number of hydrogen-bond donors (Lipinski definition) is 0. The molecule has 2 aromatic carbocycles. The topological polar surface area (TPSA) is 104 Å². The summed E-state index contributed by atoms with van der Waals surface area (Å²) in [5, 5.41) is 14.5. The molecule has 1 aromatic heterocycles. The first-order chi connectivity index (χ1) is 21.0. The number of morpholine rings is 1. The van der Waals surface area contributed by atoms with Gasteiger partial charge in [-0.25, -0.2) is 10.0 Å². The van der Waals surface area contributed by atoms with Gasteiger partial charge in [0.25, 0.3) is 0 Å². The first kappa shape index (κ1) is 30.4. The molecule has 0 radical (unpaired) electrons. The van der Waals surface area contributed by atoms with Crippen LogP contribution in [0.3, 0.4) is 0 Å². The third kappa shape index (κ3) is 7.28. The highest BCUT2D eigenvalue weighted by Crippen LogP contribution is 2.38. The molecular weight excluding hydrogens is 548 g/mol. The molecule has 2 saturated heterocycles. The molecule has 43 heavy (non-hydrogen) atoms. The number of benzene rings is 2. The maximum absolute atomic E-state index is 12.1. The third-order valence-corrected chi connectivity index (χ3v) is 7.68. The number of carbonyl (C=O) groups excluding carboxylic acids is 1. The van der Waals surface area contributed by atoms with Gasteiger partial charge in [-0.05, 0) is 50.6 Å². The summed E-state index contributed by atoms with van der Waals surface area (Å²) in [5.74, 6) is 2.00. The molecule has 0 bridgehead atoms. The fourth-order valence-electron chi connectivity index (χ4n) is 5.55. The Bertz CT molecular complexity index is 1410. The van der Waals surface area contributed by atoms with Crippen LogP contribution in [0.2, 0.25) is 0 Å². The van der Waals surface area contributed by atoms with Crippen LogP contribution < -0.4 is 24.1 Å². The van der Waals surface area contributed by atoms with E-state index in [0.717, 1.165) is 73.7 Å². The highest BCUT2D eigenvalue weighted by Gasteiger charge is 2.26. The van der Waals surface area contributed by atoms with Gasteiger partial charge in [0, 0.05) is 63.5 Å². The molecule has 0 atom stereocenters. The van der Waals surface area contributed by atoms with E-state index in [4.69, 9.17) is 18.9 Å². The third-order valence-electron chi connectivity index (χ3n) is 7.68. The number of anilines is 2. The highest BCUT2D eigenvalue weighted by molar-refractivity contribution is 5.96. The van der Waals surface area contributed by atoms with E-state index < -0.39 is 0 Å². The molecule has 0 aliphatic carbocycles. The summed E-state index contributed by atoms with van der Waals surface area (Å²) in [6, 6.07) is 13.7. The first-order valence-corrected chi connectivity index (χ1v) is 14.9. The van der Waals surface area contributed by atoms with Crippen molar-refractivity contribution in [2.24, 2.45) is 0 Å². The number of carbonyl (C=O) groups is 1. The number of piperazine rings is 1. The monoisotopic (exact) mass is 588 g/mol. The highest BCUT2D eigenvalue weighted by atomic mass is 16.5. The van der Waals surface area contributed by atoms with Gasteiger partial charge in [-0.3, -0.25) is 14.7 Å². The molecule has 11 nitrogen and oxygen atoms in total. The van der Waals surface area contributed by atoms with Crippen molar-refractivity contribution in [3.8, 4) is 23.3 Å². The van der Waals surface area contributed by atoms with Gasteiger partial charge >= 0.3 is 0 Å². The van der Waals surface area contributed by atoms with Crippen molar-refractivity contribution in [1.82, 2.24) is 14.9 Å². The van der Waals surface area contributed by atoms with E-state index in [9.17, 15) is 10.1 Å². The molecule has 0 N–H and O–H groups in total. The number of aromatic nitrogens is 1. The average Bonchev–Trinajstić information content (AvgIpc) is 3.04. The summed E-state index contributed by atoms with van der Waals surface area (Å²) in [6.07, 6.45) is 3.43. The predicted octanol–water partition coefficient (Wildman–Crippen LogP) is 3.70. The molecule has 3 heterocycles. The minimum absolute atomic E-state index is 0.0772. The summed E-state index contributed by atoms with van der Waals surface area (Å²) < 4.78 is 23.0. The number of nitrogens with zero attached hydrogens (tertiary/aromatic N) is 6. The number of fused-ring (bicyclic) bond motifs is 1. The lowest BCUT2D eigenvalue weighted by atomic mass is 10.1. The maximum Gasteiger partial charge on any atom is 0.228 e. The van der Waals surface area contributed by atoms with E-state index in [1.807, 2.05) is 55.3 Å². The maximum atomic E-state index is 12.1. The number of hydrogen-bond acceptors (Lipinski definition) is 10. The fourth-order valence-corrected chi connectivity index (χ4v) is 5.55. The number of methoxy groups -OCH3 is 1. The number of pyridine rings is 1. The van der Waals surface area contributed by atoms with E-state index in [1.54, 1.807) is 18.3 Å². The molecule has 2 aliphatic heterocycles. The molecule has 11 heteroatoms. The quantitative estimate of drug-likeness (QED) is 0.230. The predicted molar refractivity (Wildman–Crippen MR) is 165 cm³/mol. The van der Waals surface area contributed by atoms with Gasteiger partial charge < -0.3 is 23.8 Å². The van der Waals surface area contributed by atoms with Crippen molar-refractivity contribution in [2.45, 2.75) is 26.4 Å². The van der Waals surface area contributed by atoms with Crippen LogP contribution in [0.15, 0.2) is 42.6 Å². The SMILES string of the molecule is COc1cc2c(N3CCN(N(C=O)c4ccc(OC(C)C)cc4)CC3)c(C#N)cnc2cc1OCCCN1CCOCC1. The second-order valence-electron chi connectivity index (χ2n) is 10.9. The van der Waals surface area contributed by atoms with E-state index >= 15 is 0 Å². The Morgan fingerprint density at radius 2 is 1.81 bits per heavy atom. The van der Waals surface area contributed by atoms with Crippen LogP contribution in [-0.2, 0) is 9.53 Å². The second kappa shape index (κ2) is 14.4. The van der Waals surface area contributed by atoms with Crippen molar-refractivity contribution in [1.29, 1.82) is 5.26 Å². The molecule has 3 aromatic rings. The fraction of sp³-hybridized carbons (Fsp3) is 0.469. The summed E-state index contributed by atoms with van der Waals surface area (Å²) >= 11 is 0. The van der Waals surface area contributed by atoms with Crippen molar-refractivity contribution in [2.75, 3.05) is 82.7 Å². The zero-order valence-electron chi connectivity index (χ0n) is 25.2. The minimum Gasteiger partial charge on any atom is -0.493 e. The van der Waals surface area contributed by atoms with Crippen molar-refractivity contribution >= 4 is 28.7 Å². The lowest BCUT2D eigenvalue weighted by Gasteiger charge is -2.40. The van der Waals surface area contributed by atoms with Crippen LogP contribution in [-0.4, -0.2) is 100 Å². The molecule has 2 fully saturated rings. The van der Waals surface area contributed by atoms with Gasteiger partial charge in [0.1, 0.15) is 11.8 Å². The summed E-state index contributed by atoms with van der Waals surface area (Å²) in [5.41, 5.74) is 2.82. The molecule has 0 saturated carbocycles. The smallest absolute Gasteiger partial charge is 0.228 e. The van der Waals surface area contributed by atoms with Crippen LogP contribution in [0.1, 0.15) is 25.8 Å². The lowest BCUT2D eigenvalue weighted by molar-refractivity contribution is -0.110. The van der Waals surface area contributed by atoms with Gasteiger partial charge in [-0.2, -0.15) is 5.26 Å². The molecule has 0 unspecified atom stereocenters. The van der Waals surface area contributed by atoms with Gasteiger partial charge in [0.2, 0.25) is 6.41 Å². The average molecular weight is 589 g/mol. The lowest BCUT2D eigenvalue weighted by Crippen LogP contribution is -2.54. The molecule has 228 valence electrons. The zero-order chi connectivity index (χ0) is 30.2. The Labute approximate surface area is 253 Å².